The summed E-state index contributed by atoms with van der Waals surface area (Å²) in [6.45, 7) is 3.78. The predicted molar refractivity (Wildman–Crippen MR) is 124 cm³/mol. The van der Waals surface area contributed by atoms with Crippen LogP contribution in [0.1, 0.15) is 23.9 Å². The fraction of sp³-hybridized carbons (Fsp3) is 0.292. The number of hydrogen-bond acceptors (Lipinski definition) is 7. The number of carboxylic acid groups (broad SMARTS) is 1. The van der Waals surface area contributed by atoms with E-state index in [0.717, 1.165) is 16.8 Å². The van der Waals surface area contributed by atoms with Gasteiger partial charge in [-0.15, -0.1) is 11.8 Å². The molecule has 1 aromatic heterocycles. The van der Waals surface area contributed by atoms with Crippen molar-refractivity contribution in [2.75, 3.05) is 13.4 Å². The van der Waals surface area contributed by atoms with Crippen molar-refractivity contribution in [2.45, 2.75) is 31.8 Å². The minimum absolute atomic E-state index is 0.273. The van der Waals surface area contributed by atoms with Crippen molar-refractivity contribution in [3.8, 4) is 17.2 Å². The molecule has 32 heavy (non-hydrogen) atoms. The Kier molecular flexibility index (Phi) is 7.94. The summed E-state index contributed by atoms with van der Waals surface area (Å²) in [4.78, 5) is 22.0. The van der Waals surface area contributed by atoms with Gasteiger partial charge in [0.05, 0.1) is 5.71 Å². The maximum absolute atomic E-state index is 11.5. The highest BCUT2D eigenvalue weighted by Crippen LogP contribution is 2.25. The Labute approximate surface area is 191 Å². The second-order valence-corrected chi connectivity index (χ2v) is 8.07. The van der Waals surface area contributed by atoms with Crippen LogP contribution in [0.3, 0.4) is 0 Å². The van der Waals surface area contributed by atoms with E-state index in [9.17, 15) is 9.90 Å². The van der Waals surface area contributed by atoms with E-state index >= 15 is 0 Å². The Hall–Kier alpha value is -3.26. The van der Waals surface area contributed by atoms with Crippen molar-refractivity contribution in [1.82, 2.24) is 4.98 Å². The molecule has 0 radical (unpaired) electrons. The van der Waals surface area contributed by atoms with Crippen LogP contribution in [-0.2, 0) is 22.7 Å². The first-order chi connectivity index (χ1) is 15.4. The molecule has 1 heterocycles. The Morgan fingerprint density at radius 1 is 1.19 bits per heavy atom. The van der Waals surface area contributed by atoms with Crippen molar-refractivity contribution < 1.29 is 23.9 Å². The van der Waals surface area contributed by atoms with E-state index in [2.05, 4.69) is 10.1 Å². The molecule has 1 atom stereocenters. The molecule has 1 N–H and O–H groups in total. The van der Waals surface area contributed by atoms with Crippen molar-refractivity contribution in [1.29, 1.82) is 0 Å². The van der Waals surface area contributed by atoms with Crippen LogP contribution in [0.15, 0.2) is 63.0 Å². The molecule has 3 rings (SSSR count). The molecule has 0 bridgehead atoms. The molecule has 168 valence electrons. The number of oxazole rings is 1. The molecule has 0 spiro atoms. The molecule has 2 aromatic carbocycles. The van der Waals surface area contributed by atoms with E-state index in [4.69, 9.17) is 14.0 Å². The Morgan fingerprint density at radius 2 is 1.88 bits per heavy atom. The van der Waals surface area contributed by atoms with E-state index < -0.39 is 11.9 Å². The van der Waals surface area contributed by atoms with Gasteiger partial charge in [-0.3, -0.25) is 4.79 Å². The second-order valence-electron chi connectivity index (χ2n) is 7.19. The standard InChI is InChI=1S/C24H26N2O5S/c1-15(26-29-3)21(24(27)28)13-17-5-9-19(10-6-17)30-14-22-16(2)31-23(25-22)18-7-11-20(32-4)12-8-18/h5-12,21H,13-14H2,1-4H3,(H,27,28). The van der Waals surface area contributed by atoms with Crippen molar-refractivity contribution in [2.24, 2.45) is 11.1 Å². The molecular weight excluding hydrogens is 428 g/mol. The molecule has 3 aromatic rings. The summed E-state index contributed by atoms with van der Waals surface area (Å²) in [7, 11) is 1.40. The molecule has 0 aliphatic carbocycles. The van der Waals surface area contributed by atoms with Gasteiger partial charge in [0.1, 0.15) is 36.8 Å². The third kappa shape index (κ3) is 5.91. The monoisotopic (exact) mass is 454 g/mol. The van der Waals surface area contributed by atoms with Crippen LogP contribution in [0.25, 0.3) is 11.5 Å². The molecule has 7 nitrogen and oxygen atoms in total. The number of aliphatic carboxylic acids is 1. The number of carbonyl (C=O) groups is 1. The molecule has 8 heteroatoms. The van der Waals surface area contributed by atoms with Gasteiger partial charge >= 0.3 is 5.97 Å². The highest BCUT2D eigenvalue weighted by molar-refractivity contribution is 7.98. The van der Waals surface area contributed by atoms with Crippen LogP contribution in [0.2, 0.25) is 0 Å². The van der Waals surface area contributed by atoms with Crippen LogP contribution in [0.4, 0.5) is 0 Å². The van der Waals surface area contributed by atoms with Crippen molar-refractivity contribution in [3.63, 3.8) is 0 Å². The summed E-state index contributed by atoms with van der Waals surface area (Å²) in [6.07, 6.45) is 2.35. The molecular formula is C24H26N2O5S. The van der Waals surface area contributed by atoms with Gasteiger partial charge in [0.15, 0.2) is 0 Å². The smallest absolute Gasteiger partial charge is 0.312 e. The number of rotatable bonds is 10. The van der Waals surface area contributed by atoms with Gasteiger partial charge in [-0.1, -0.05) is 17.3 Å². The third-order valence-electron chi connectivity index (χ3n) is 5.01. The summed E-state index contributed by atoms with van der Waals surface area (Å²) >= 11 is 1.68. The topological polar surface area (TPSA) is 94.2 Å². The largest absolute Gasteiger partial charge is 0.487 e. The zero-order chi connectivity index (χ0) is 23.1. The second kappa shape index (κ2) is 10.9. The maximum Gasteiger partial charge on any atom is 0.312 e. The lowest BCUT2D eigenvalue weighted by atomic mass is 9.95. The molecule has 0 fully saturated rings. The van der Waals surface area contributed by atoms with Gasteiger partial charge in [0.25, 0.3) is 0 Å². The predicted octanol–water partition coefficient (Wildman–Crippen LogP) is 5.22. The van der Waals surface area contributed by atoms with Crippen LogP contribution in [0, 0.1) is 12.8 Å². The summed E-state index contributed by atoms with van der Waals surface area (Å²) in [5.41, 5.74) is 2.93. The van der Waals surface area contributed by atoms with Crippen LogP contribution >= 0.6 is 11.8 Å². The molecule has 0 aliphatic heterocycles. The number of nitrogens with zero attached hydrogens (tertiary/aromatic N) is 2. The van der Waals surface area contributed by atoms with E-state index in [-0.39, 0.29) is 6.61 Å². The third-order valence-corrected chi connectivity index (χ3v) is 5.75. The first kappa shape index (κ1) is 23.4. The van der Waals surface area contributed by atoms with Gasteiger partial charge in [-0.25, -0.2) is 4.98 Å². The van der Waals surface area contributed by atoms with Crippen LogP contribution in [0.5, 0.6) is 5.75 Å². The van der Waals surface area contributed by atoms with Crippen molar-refractivity contribution >= 4 is 23.4 Å². The maximum atomic E-state index is 11.5. The molecule has 0 saturated carbocycles. The van der Waals surface area contributed by atoms with Crippen LogP contribution in [-0.4, -0.2) is 35.1 Å². The Morgan fingerprint density at radius 3 is 2.47 bits per heavy atom. The quantitative estimate of drug-likeness (QED) is 0.255. The lowest BCUT2D eigenvalue weighted by molar-refractivity contribution is -0.139. The van der Waals surface area contributed by atoms with E-state index in [1.165, 1.54) is 12.0 Å². The number of thioether (sulfide) groups is 1. The van der Waals surface area contributed by atoms with Gasteiger partial charge in [-0.05, 0) is 68.5 Å². The summed E-state index contributed by atoms with van der Waals surface area (Å²) < 4.78 is 11.7. The summed E-state index contributed by atoms with van der Waals surface area (Å²) in [5.74, 6) is 0.253. The normalized spacial score (nSPS) is 12.4. The minimum Gasteiger partial charge on any atom is -0.487 e. The highest BCUT2D eigenvalue weighted by atomic mass is 32.2. The van der Waals surface area contributed by atoms with Gasteiger partial charge < -0.3 is 19.1 Å². The first-order valence-electron chi connectivity index (χ1n) is 10.0. The van der Waals surface area contributed by atoms with E-state index in [0.29, 0.717) is 29.5 Å². The average Bonchev–Trinajstić information content (AvgIpc) is 3.17. The zero-order valence-electron chi connectivity index (χ0n) is 18.5. The number of aryl methyl sites for hydroxylation is 1. The number of carboxylic acids is 1. The Bertz CT molecular complexity index is 1070. The molecule has 0 amide bonds. The van der Waals surface area contributed by atoms with Gasteiger partial charge in [0.2, 0.25) is 5.89 Å². The number of ether oxygens (including phenoxy) is 1. The summed E-state index contributed by atoms with van der Waals surface area (Å²) in [6, 6.07) is 15.4. The van der Waals surface area contributed by atoms with Gasteiger partial charge in [-0.2, -0.15) is 0 Å². The van der Waals surface area contributed by atoms with Gasteiger partial charge in [0, 0.05) is 10.5 Å². The highest BCUT2D eigenvalue weighted by Gasteiger charge is 2.22. The SMILES string of the molecule is CON=C(C)C(Cc1ccc(OCc2nc(-c3ccc(SC)cc3)oc2C)cc1)C(=O)O. The van der Waals surface area contributed by atoms with Crippen molar-refractivity contribution in [3.05, 3.63) is 65.5 Å². The zero-order valence-corrected chi connectivity index (χ0v) is 19.3. The fourth-order valence-corrected chi connectivity index (χ4v) is 3.56. The van der Waals surface area contributed by atoms with E-state index in [1.807, 2.05) is 61.7 Å². The molecule has 1 unspecified atom stereocenters. The first-order valence-corrected chi connectivity index (χ1v) is 11.3. The number of hydrogen-bond donors (Lipinski definition) is 1. The minimum atomic E-state index is -0.941. The van der Waals surface area contributed by atoms with Crippen LogP contribution < -0.4 is 4.74 Å². The number of oxime groups is 1. The average molecular weight is 455 g/mol. The fourth-order valence-electron chi connectivity index (χ4n) is 3.15. The molecule has 0 saturated heterocycles. The molecule has 0 aliphatic rings. The number of benzene rings is 2. The summed E-state index contributed by atoms with van der Waals surface area (Å²) in [5, 5.41) is 13.2. The lowest BCUT2D eigenvalue weighted by Gasteiger charge is -2.12. The lowest BCUT2D eigenvalue weighted by Crippen LogP contribution is -2.24. The number of aromatic nitrogens is 1. The Balaban J connectivity index is 1.63. The van der Waals surface area contributed by atoms with E-state index in [1.54, 1.807) is 18.7 Å².